The maximum Gasteiger partial charge on any atom is 0.410 e. The van der Waals surface area contributed by atoms with Gasteiger partial charge >= 0.3 is 12.1 Å². The number of rotatable bonds is 9. The third-order valence-electron chi connectivity index (χ3n) is 10.5. The van der Waals surface area contributed by atoms with E-state index in [4.69, 9.17) is 29.4 Å². The number of hydrogen-bond donors (Lipinski definition) is 3. The van der Waals surface area contributed by atoms with Crippen molar-refractivity contribution in [2.75, 3.05) is 40.8 Å². The van der Waals surface area contributed by atoms with Gasteiger partial charge in [-0.25, -0.2) is 4.79 Å². The minimum atomic E-state index is -1.17. The maximum absolute atomic E-state index is 14.0. The molecule has 0 bridgehead atoms. The van der Waals surface area contributed by atoms with Gasteiger partial charge in [0.05, 0.1) is 23.9 Å². The molecule has 0 aromatic heterocycles. The summed E-state index contributed by atoms with van der Waals surface area (Å²) in [7, 11) is 5.35. The molecule has 266 valence electrons. The van der Waals surface area contributed by atoms with E-state index < -0.39 is 65.7 Å². The molecule has 0 radical (unpaired) electrons. The maximum atomic E-state index is 14.0. The van der Waals surface area contributed by atoms with Crippen LogP contribution in [0.4, 0.5) is 4.79 Å². The van der Waals surface area contributed by atoms with Crippen LogP contribution in [0.1, 0.15) is 80.6 Å². The van der Waals surface area contributed by atoms with Crippen molar-refractivity contribution < 1.29 is 43.2 Å². The molecule has 0 saturated carbocycles. The van der Waals surface area contributed by atoms with Gasteiger partial charge in [-0.2, -0.15) is 0 Å². The number of nitrogens with one attached hydrogen (secondary N) is 1. The lowest BCUT2D eigenvalue weighted by Crippen LogP contribution is -2.62. The van der Waals surface area contributed by atoms with Crippen molar-refractivity contribution in [1.82, 2.24) is 15.1 Å². The molecule has 4 N–H and O–H groups in total. The van der Waals surface area contributed by atoms with E-state index in [0.717, 1.165) is 6.42 Å². The molecule has 3 aliphatic rings. The number of carbonyl (C=O) groups excluding carboxylic acids is 3. The van der Waals surface area contributed by atoms with Crippen LogP contribution in [0.3, 0.4) is 0 Å². The molecular formula is C33H60N4O9. The first kappa shape index (κ1) is 38.6. The van der Waals surface area contributed by atoms with Crippen LogP contribution in [0, 0.1) is 11.8 Å². The van der Waals surface area contributed by atoms with Gasteiger partial charge in [-0.1, -0.05) is 13.8 Å². The Morgan fingerprint density at radius 3 is 2.39 bits per heavy atom. The average Bonchev–Trinajstić information content (AvgIpc) is 3.27. The molecule has 0 aromatic rings. The number of carbonyl (C=O) groups is 3. The molecule has 13 nitrogen and oxygen atoms in total. The molecule has 0 aliphatic carbocycles. The van der Waals surface area contributed by atoms with Gasteiger partial charge in [0.2, 0.25) is 0 Å². The smallest absolute Gasteiger partial charge is 0.410 e. The minimum absolute atomic E-state index is 0.194. The van der Waals surface area contributed by atoms with E-state index in [0.29, 0.717) is 45.3 Å². The summed E-state index contributed by atoms with van der Waals surface area (Å²) in [5.74, 6) is -3.06. The highest BCUT2D eigenvalue weighted by molar-refractivity contribution is 6.00. The monoisotopic (exact) mass is 656 g/mol. The Kier molecular flexibility index (Phi) is 13.4. The minimum Gasteiger partial charge on any atom is -0.458 e. The second kappa shape index (κ2) is 16.0. The normalized spacial score (nSPS) is 41.6. The average molecular weight is 657 g/mol. The molecule has 12 atom stereocenters. The summed E-state index contributed by atoms with van der Waals surface area (Å²) >= 11 is 0. The summed E-state index contributed by atoms with van der Waals surface area (Å²) in [5.41, 5.74) is 3.53. The topological polar surface area (TPSA) is 162 Å². The Bertz CT molecular complexity index is 1050. The van der Waals surface area contributed by atoms with Crippen LogP contribution >= 0.6 is 0 Å². The van der Waals surface area contributed by atoms with E-state index in [9.17, 15) is 19.5 Å². The number of fused-ring (bicyclic) bond motifs is 1. The van der Waals surface area contributed by atoms with Crippen molar-refractivity contribution in [3.8, 4) is 0 Å². The Morgan fingerprint density at radius 2 is 1.80 bits per heavy atom. The van der Waals surface area contributed by atoms with Crippen molar-refractivity contribution in [1.29, 1.82) is 0 Å². The van der Waals surface area contributed by atoms with Gasteiger partial charge in [-0.15, -0.1) is 0 Å². The van der Waals surface area contributed by atoms with E-state index >= 15 is 0 Å². The summed E-state index contributed by atoms with van der Waals surface area (Å²) in [4.78, 5) is 44.7. The zero-order valence-electron chi connectivity index (χ0n) is 29.6. The molecule has 1 amide bonds. The molecule has 3 rings (SSSR count). The number of nitrogens with zero attached hydrogens (tertiary/aromatic N) is 2. The number of Topliss-reactive ketones (excluding diaryl/α,β-unsaturated/α-hetero) is 1. The lowest BCUT2D eigenvalue weighted by atomic mass is 9.80. The number of likely N-dealkylation sites (N-methyl/N-ethyl adjacent to an activating group) is 1. The van der Waals surface area contributed by atoms with Crippen LogP contribution < -0.4 is 11.1 Å². The van der Waals surface area contributed by atoms with Gasteiger partial charge in [0.15, 0.2) is 17.7 Å². The third kappa shape index (κ3) is 8.04. The summed E-state index contributed by atoms with van der Waals surface area (Å²) in [5, 5.41) is 14.9. The largest absolute Gasteiger partial charge is 0.458 e. The molecule has 0 spiro atoms. The van der Waals surface area contributed by atoms with Crippen LogP contribution in [-0.2, 0) is 33.3 Å². The molecule has 3 saturated heterocycles. The van der Waals surface area contributed by atoms with E-state index in [1.807, 2.05) is 46.7 Å². The Balaban J connectivity index is 2.02. The van der Waals surface area contributed by atoms with Gasteiger partial charge in [-0.05, 0) is 93.9 Å². The lowest BCUT2D eigenvalue weighted by molar-refractivity contribution is -0.294. The quantitative estimate of drug-likeness (QED) is 0.189. The fourth-order valence-electron chi connectivity index (χ4n) is 7.53. The Labute approximate surface area is 275 Å². The van der Waals surface area contributed by atoms with Crippen LogP contribution in [0.2, 0.25) is 0 Å². The van der Waals surface area contributed by atoms with Gasteiger partial charge in [0.1, 0.15) is 18.1 Å². The van der Waals surface area contributed by atoms with Crippen molar-refractivity contribution in [2.45, 2.75) is 141 Å². The standard InChI is InChI=1S/C33H60N4O9/c1-11-24-33(7)27(37(31(41)46-33)17-13-12-15-34)22(5)35-16-14-32(6,42-10)28(20(3)25(38)21(4)29(40)44-24)45-30-26(39)23(36(8)9)18-19(2)43-30/h19-24,26-28,30,35,39H,11-18,34H2,1-10H3/t19-,20-,21-,22-,23?,24-,26?,27-,28-,30+,32-,33-/m1/s1. The molecule has 3 heterocycles. The van der Waals surface area contributed by atoms with E-state index in [1.54, 1.807) is 25.9 Å². The molecule has 13 heteroatoms. The number of amides is 1. The number of ketones is 1. The zero-order chi connectivity index (χ0) is 34.6. The zero-order valence-corrected chi connectivity index (χ0v) is 29.6. The fourth-order valence-corrected chi connectivity index (χ4v) is 7.53. The second-order valence-corrected chi connectivity index (χ2v) is 14.1. The molecule has 3 fully saturated rings. The first-order valence-corrected chi connectivity index (χ1v) is 16.9. The van der Waals surface area contributed by atoms with Crippen LogP contribution in [-0.4, -0.2) is 134 Å². The summed E-state index contributed by atoms with van der Waals surface area (Å²) in [6.07, 6.45) is -1.48. The summed E-state index contributed by atoms with van der Waals surface area (Å²) < 4.78 is 30.8. The molecule has 0 aromatic carbocycles. The number of hydrogen-bond acceptors (Lipinski definition) is 12. The molecule has 46 heavy (non-hydrogen) atoms. The highest BCUT2D eigenvalue weighted by Crippen LogP contribution is 2.39. The highest BCUT2D eigenvalue weighted by Gasteiger charge is 2.58. The van der Waals surface area contributed by atoms with E-state index in [1.165, 1.54) is 6.92 Å². The van der Waals surface area contributed by atoms with Crippen molar-refractivity contribution in [2.24, 2.45) is 17.6 Å². The van der Waals surface area contributed by atoms with Gasteiger partial charge < -0.3 is 44.7 Å². The molecule has 3 aliphatic heterocycles. The van der Waals surface area contributed by atoms with E-state index in [2.05, 4.69) is 5.32 Å². The number of aliphatic hydroxyl groups is 1. The van der Waals surface area contributed by atoms with Crippen molar-refractivity contribution >= 4 is 17.8 Å². The number of ether oxygens (including phenoxy) is 5. The number of esters is 1. The first-order valence-electron chi connectivity index (χ1n) is 16.9. The van der Waals surface area contributed by atoms with Crippen LogP contribution in [0.25, 0.3) is 0 Å². The van der Waals surface area contributed by atoms with Gasteiger partial charge in [0.25, 0.3) is 0 Å². The van der Waals surface area contributed by atoms with Crippen molar-refractivity contribution in [3.05, 3.63) is 0 Å². The number of cyclic esters (lactones) is 1. The van der Waals surface area contributed by atoms with Crippen LogP contribution in [0.15, 0.2) is 0 Å². The third-order valence-corrected chi connectivity index (χ3v) is 10.5. The Morgan fingerprint density at radius 1 is 1.13 bits per heavy atom. The van der Waals surface area contributed by atoms with Gasteiger partial charge in [0, 0.05) is 31.7 Å². The highest BCUT2D eigenvalue weighted by atomic mass is 16.7. The van der Waals surface area contributed by atoms with E-state index in [-0.39, 0.29) is 24.0 Å². The number of nitrogens with two attached hydrogens (primary N) is 1. The number of unbranched alkanes of at least 4 members (excludes halogenated alkanes) is 1. The fraction of sp³-hybridized carbons (Fsp3) is 0.909. The summed E-state index contributed by atoms with van der Waals surface area (Å²) in [6.45, 7) is 14.1. The number of methoxy groups -OCH3 is 1. The second-order valence-electron chi connectivity index (χ2n) is 14.1. The predicted molar refractivity (Wildman–Crippen MR) is 172 cm³/mol. The van der Waals surface area contributed by atoms with Gasteiger partial charge in [-0.3, -0.25) is 14.5 Å². The van der Waals surface area contributed by atoms with Crippen molar-refractivity contribution in [3.63, 3.8) is 0 Å². The number of aliphatic hydroxyl groups excluding tert-OH is 1. The lowest BCUT2D eigenvalue weighted by Gasteiger charge is -2.46. The van der Waals surface area contributed by atoms with Crippen LogP contribution in [0.5, 0.6) is 0 Å². The SMILES string of the molecule is CC[C@H]1OC(=O)[C@H](C)C(=O)[C@@H](C)[C@@H](O[C@@H]2O[C@H](C)CC(N(C)C)C2O)[C@](C)(OC)CCN[C@H](C)[C@H]2N(CCCCN)C(=O)O[C@]12C. The summed E-state index contributed by atoms with van der Waals surface area (Å²) in [6, 6.07) is -0.959. The molecular weight excluding hydrogens is 596 g/mol. The Hall–Kier alpha value is -1.87. The molecule has 2 unspecified atom stereocenters. The predicted octanol–water partition coefficient (Wildman–Crippen LogP) is 2.07. The first-order chi connectivity index (χ1) is 21.6.